The largest absolute Gasteiger partial charge is 0.347 e. The van der Waals surface area contributed by atoms with Crippen molar-refractivity contribution in [3.05, 3.63) is 34.5 Å². The van der Waals surface area contributed by atoms with Crippen molar-refractivity contribution in [2.75, 3.05) is 0 Å². The molecule has 1 aromatic heterocycles. The van der Waals surface area contributed by atoms with Crippen LogP contribution in [0.3, 0.4) is 0 Å². The first-order valence-electron chi connectivity index (χ1n) is 5.92. The Kier molecular flexibility index (Phi) is 2.13. The highest BCUT2D eigenvalue weighted by Crippen LogP contribution is 2.30. The highest BCUT2D eigenvalue weighted by atomic mass is 16.1. The summed E-state index contributed by atoms with van der Waals surface area (Å²) in [4.78, 5) is 11.8. The molecular formula is C14H16N2O. The molecule has 0 atom stereocenters. The molecule has 0 saturated heterocycles. The Morgan fingerprint density at radius 1 is 1.29 bits per heavy atom. The van der Waals surface area contributed by atoms with Gasteiger partial charge < -0.3 is 9.88 Å². The van der Waals surface area contributed by atoms with Crippen LogP contribution in [0.15, 0.2) is 12.1 Å². The molecule has 0 saturated carbocycles. The number of nitrogens with one attached hydrogen (secondary N) is 1. The van der Waals surface area contributed by atoms with Crippen LogP contribution in [0.1, 0.15) is 34.1 Å². The molecule has 1 aliphatic rings. The van der Waals surface area contributed by atoms with E-state index in [1.807, 2.05) is 14.0 Å². The molecule has 1 aromatic carbocycles. The molecule has 0 unspecified atom stereocenters. The minimum atomic E-state index is 0.152. The SMILES string of the molecule is CC(=O)c1c(C)n(C)c2cc3c(cc12)CNC3. The molecule has 0 radical (unpaired) electrons. The summed E-state index contributed by atoms with van der Waals surface area (Å²) in [5.74, 6) is 0.152. The summed E-state index contributed by atoms with van der Waals surface area (Å²) in [5, 5.41) is 4.44. The van der Waals surface area contributed by atoms with E-state index in [0.717, 1.165) is 35.2 Å². The zero-order valence-corrected chi connectivity index (χ0v) is 10.4. The molecular weight excluding hydrogens is 212 g/mol. The molecule has 2 heterocycles. The second-order valence-corrected chi connectivity index (χ2v) is 4.82. The van der Waals surface area contributed by atoms with Crippen molar-refractivity contribution in [2.45, 2.75) is 26.9 Å². The van der Waals surface area contributed by atoms with E-state index in [4.69, 9.17) is 0 Å². The Labute approximate surface area is 100 Å². The van der Waals surface area contributed by atoms with E-state index in [-0.39, 0.29) is 5.78 Å². The third-order valence-corrected chi connectivity index (χ3v) is 3.80. The van der Waals surface area contributed by atoms with Crippen LogP contribution < -0.4 is 5.32 Å². The smallest absolute Gasteiger partial charge is 0.162 e. The number of Topliss-reactive ketones (excluding diaryl/α,β-unsaturated/α-hetero) is 1. The van der Waals surface area contributed by atoms with Gasteiger partial charge in [-0.3, -0.25) is 4.79 Å². The number of nitrogens with zero attached hydrogens (tertiary/aromatic N) is 1. The third-order valence-electron chi connectivity index (χ3n) is 3.80. The number of benzene rings is 1. The standard InChI is InChI=1S/C14H16N2O/c1-8-14(9(2)17)12-4-10-6-15-7-11(10)5-13(12)16(8)3/h4-5,15H,6-7H2,1-3H3. The van der Waals surface area contributed by atoms with Crippen LogP contribution in [-0.4, -0.2) is 10.4 Å². The number of hydrogen-bond donors (Lipinski definition) is 1. The Bertz CT molecular complexity index is 637. The molecule has 0 bridgehead atoms. The van der Waals surface area contributed by atoms with Crippen LogP contribution in [0.25, 0.3) is 10.9 Å². The maximum atomic E-state index is 11.8. The lowest BCUT2D eigenvalue weighted by Gasteiger charge is -2.01. The lowest BCUT2D eigenvalue weighted by Crippen LogP contribution is -2.00. The number of aromatic nitrogens is 1. The van der Waals surface area contributed by atoms with Crippen molar-refractivity contribution in [3.63, 3.8) is 0 Å². The maximum absolute atomic E-state index is 11.8. The topological polar surface area (TPSA) is 34.0 Å². The van der Waals surface area contributed by atoms with Gasteiger partial charge in [0.25, 0.3) is 0 Å². The van der Waals surface area contributed by atoms with E-state index in [1.54, 1.807) is 6.92 Å². The number of carbonyl (C=O) groups is 1. The lowest BCUT2D eigenvalue weighted by atomic mass is 10.0. The normalized spacial score (nSPS) is 14.3. The third kappa shape index (κ3) is 1.35. The maximum Gasteiger partial charge on any atom is 0.162 e. The summed E-state index contributed by atoms with van der Waals surface area (Å²) in [5.41, 5.74) is 5.77. The van der Waals surface area contributed by atoms with E-state index in [9.17, 15) is 4.79 Å². The first kappa shape index (κ1) is 10.5. The number of carbonyl (C=O) groups excluding carboxylic acids is 1. The summed E-state index contributed by atoms with van der Waals surface area (Å²) in [7, 11) is 2.03. The Morgan fingerprint density at radius 3 is 2.59 bits per heavy atom. The quantitative estimate of drug-likeness (QED) is 0.760. The van der Waals surface area contributed by atoms with Crippen molar-refractivity contribution in [3.8, 4) is 0 Å². The van der Waals surface area contributed by atoms with Gasteiger partial charge in [-0.15, -0.1) is 0 Å². The lowest BCUT2D eigenvalue weighted by molar-refractivity contribution is 0.101. The number of aryl methyl sites for hydroxylation is 1. The molecule has 3 nitrogen and oxygen atoms in total. The second kappa shape index (κ2) is 3.44. The van der Waals surface area contributed by atoms with Crippen LogP contribution in [0.2, 0.25) is 0 Å². The molecule has 1 N–H and O–H groups in total. The van der Waals surface area contributed by atoms with Crippen molar-refractivity contribution in [1.29, 1.82) is 0 Å². The predicted molar refractivity (Wildman–Crippen MR) is 68.2 cm³/mol. The first-order chi connectivity index (χ1) is 8.09. The first-order valence-corrected chi connectivity index (χ1v) is 5.92. The minimum Gasteiger partial charge on any atom is -0.347 e. The molecule has 3 rings (SSSR count). The van der Waals surface area contributed by atoms with Crippen LogP contribution in [0.4, 0.5) is 0 Å². The fourth-order valence-corrected chi connectivity index (χ4v) is 2.80. The van der Waals surface area contributed by atoms with E-state index in [0.29, 0.717) is 0 Å². The molecule has 1 aliphatic heterocycles. The highest BCUT2D eigenvalue weighted by molar-refractivity contribution is 6.08. The Hall–Kier alpha value is -1.61. The average molecular weight is 228 g/mol. The molecule has 3 heteroatoms. The summed E-state index contributed by atoms with van der Waals surface area (Å²) in [6.07, 6.45) is 0. The van der Waals surface area contributed by atoms with Gasteiger partial charge in [0.1, 0.15) is 0 Å². The van der Waals surface area contributed by atoms with E-state index >= 15 is 0 Å². The van der Waals surface area contributed by atoms with E-state index < -0.39 is 0 Å². The number of ketones is 1. The second-order valence-electron chi connectivity index (χ2n) is 4.82. The average Bonchev–Trinajstić information content (AvgIpc) is 2.81. The summed E-state index contributed by atoms with van der Waals surface area (Å²) < 4.78 is 2.12. The van der Waals surface area contributed by atoms with Crippen LogP contribution in [0, 0.1) is 6.92 Å². The summed E-state index contributed by atoms with van der Waals surface area (Å²) in [6.45, 7) is 5.51. The fourth-order valence-electron chi connectivity index (χ4n) is 2.80. The van der Waals surface area contributed by atoms with Crippen LogP contribution in [-0.2, 0) is 20.1 Å². The van der Waals surface area contributed by atoms with Crippen molar-refractivity contribution < 1.29 is 4.79 Å². The molecule has 88 valence electrons. The van der Waals surface area contributed by atoms with Gasteiger partial charge in [0.15, 0.2) is 5.78 Å². The number of rotatable bonds is 1. The predicted octanol–water partition coefficient (Wildman–Crippen LogP) is 2.29. The molecule has 0 fully saturated rings. The molecule has 0 spiro atoms. The zero-order valence-electron chi connectivity index (χ0n) is 10.4. The van der Waals surface area contributed by atoms with Crippen LogP contribution >= 0.6 is 0 Å². The highest BCUT2D eigenvalue weighted by Gasteiger charge is 2.19. The van der Waals surface area contributed by atoms with Gasteiger partial charge in [-0.25, -0.2) is 0 Å². The van der Waals surface area contributed by atoms with E-state index in [1.165, 1.54) is 11.1 Å². The van der Waals surface area contributed by atoms with Gasteiger partial charge in [-0.1, -0.05) is 0 Å². The number of fused-ring (bicyclic) bond motifs is 2. The van der Waals surface area contributed by atoms with Gasteiger partial charge in [-0.2, -0.15) is 0 Å². The summed E-state index contributed by atoms with van der Waals surface area (Å²) in [6, 6.07) is 4.39. The fraction of sp³-hybridized carbons (Fsp3) is 0.357. The van der Waals surface area contributed by atoms with Crippen molar-refractivity contribution in [2.24, 2.45) is 7.05 Å². The molecule has 0 amide bonds. The molecule has 17 heavy (non-hydrogen) atoms. The molecule has 0 aliphatic carbocycles. The van der Waals surface area contributed by atoms with Gasteiger partial charge in [0.05, 0.1) is 0 Å². The monoisotopic (exact) mass is 228 g/mol. The van der Waals surface area contributed by atoms with Gasteiger partial charge in [0, 0.05) is 42.3 Å². The van der Waals surface area contributed by atoms with Crippen molar-refractivity contribution in [1.82, 2.24) is 9.88 Å². The number of hydrogen-bond acceptors (Lipinski definition) is 2. The Morgan fingerprint density at radius 2 is 1.94 bits per heavy atom. The zero-order chi connectivity index (χ0) is 12.2. The van der Waals surface area contributed by atoms with E-state index in [2.05, 4.69) is 22.0 Å². The minimum absolute atomic E-state index is 0.152. The van der Waals surface area contributed by atoms with Crippen molar-refractivity contribution >= 4 is 16.7 Å². The van der Waals surface area contributed by atoms with Crippen LogP contribution in [0.5, 0.6) is 0 Å². The molecule has 2 aromatic rings. The summed E-state index contributed by atoms with van der Waals surface area (Å²) >= 11 is 0. The Balaban J connectivity index is 2.42. The van der Waals surface area contributed by atoms with Gasteiger partial charge >= 0.3 is 0 Å². The van der Waals surface area contributed by atoms with Gasteiger partial charge in [-0.05, 0) is 37.1 Å². The van der Waals surface area contributed by atoms with Gasteiger partial charge in [0.2, 0.25) is 0 Å².